The Kier molecular flexibility index (Phi) is 5.92. The molecule has 100 valence electrons. The van der Waals surface area contributed by atoms with Crippen LogP contribution in [0.2, 0.25) is 0 Å². The third kappa shape index (κ3) is 6.03. The van der Waals surface area contributed by atoms with Gasteiger partial charge in [0, 0.05) is 11.8 Å². The van der Waals surface area contributed by atoms with Gasteiger partial charge in [0.1, 0.15) is 0 Å². The fraction of sp³-hybridized carbons (Fsp3) is 0.923. The van der Waals surface area contributed by atoms with Crippen molar-refractivity contribution in [3.05, 3.63) is 0 Å². The predicted molar refractivity (Wildman–Crippen MR) is 64.1 cm³/mol. The lowest BCUT2D eigenvalue weighted by atomic mass is 9.87. The van der Waals surface area contributed by atoms with E-state index in [2.05, 4.69) is 20.8 Å². The van der Waals surface area contributed by atoms with Gasteiger partial charge >= 0.3 is 5.97 Å². The summed E-state index contributed by atoms with van der Waals surface area (Å²) in [7, 11) is 0. The van der Waals surface area contributed by atoms with E-state index in [9.17, 15) is 4.79 Å². The average molecular weight is 244 g/mol. The van der Waals surface area contributed by atoms with Crippen molar-refractivity contribution < 1.29 is 19.3 Å². The Hall–Kier alpha value is -0.610. The molecule has 4 nitrogen and oxygen atoms in total. The third-order valence-corrected chi connectivity index (χ3v) is 3.04. The first-order valence-electron chi connectivity index (χ1n) is 6.54. The van der Waals surface area contributed by atoms with E-state index < -0.39 is 0 Å². The highest BCUT2D eigenvalue weighted by Gasteiger charge is 2.42. The molecule has 17 heavy (non-hydrogen) atoms. The molecule has 0 spiro atoms. The number of carbonyl (C=O) groups excluding carboxylic acids is 1. The van der Waals surface area contributed by atoms with Crippen LogP contribution in [0.5, 0.6) is 0 Å². The lowest BCUT2D eigenvalue weighted by Crippen LogP contribution is -2.18. The van der Waals surface area contributed by atoms with Crippen LogP contribution < -0.4 is 0 Å². The zero-order valence-electron chi connectivity index (χ0n) is 11.2. The first kappa shape index (κ1) is 14.5. The molecule has 0 atom stereocenters. The van der Waals surface area contributed by atoms with Gasteiger partial charge in [-0.2, -0.15) is 9.78 Å². The van der Waals surface area contributed by atoms with Gasteiger partial charge in [-0.3, -0.25) is 4.79 Å². The molecule has 1 fully saturated rings. The van der Waals surface area contributed by atoms with E-state index in [1.165, 1.54) is 0 Å². The Labute approximate surface area is 104 Å². The molecule has 0 aliphatic carbocycles. The highest BCUT2D eigenvalue weighted by Crippen LogP contribution is 2.37. The number of hydrogen-bond acceptors (Lipinski definition) is 4. The van der Waals surface area contributed by atoms with Crippen molar-refractivity contribution in [1.29, 1.82) is 0 Å². The van der Waals surface area contributed by atoms with E-state index in [-0.39, 0.29) is 17.7 Å². The molecule has 4 heteroatoms. The van der Waals surface area contributed by atoms with Crippen LogP contribution in [0.1, 0.15) is 59.3 Å². The van der Waals surface area contributed by atoms with Crippen LogP contribution in [0, 0.1) is 5.41 Å². The highest BCUT2D eigenvalue weighted by atomic mass is 17.4. The molecular formula is C13H24O4. The Bertz CT molecular complexity index is 234. The van der Waals surface area contributed by atoms with Gasteiger partial charge in [-0.15, -0.1) is 0 Å². The van der Waals surface area contributed by atoms with Crippen LogP contribution in [0.15, 0.2) is 0 Å². The lowest BCUT2D eigenvalue weighted by Gasteiger charge is -2.18. The molecule has 1 heterocycles. The number of carbonyl (C=O) groups is 1. The highest BCUT2D eigenvalue weighted by molar-refractivity contribution is 5.69. The van der Waals surface area contributed by atoms with Crippen molar-refractivity contribution in [1.82, 2.24) is 0 Å². The maximum Gasteiger partial charge on any atom is 0.305 e. The van der Waals surface area contributed by atoms with Gasteiger partial charge in [0.15, 0.2) is 0 Å². The number of esters is 1. The normalized spacial score (nSPS) is 15.9. The van der Waals surface area contributed by atoms with Gasteiger partial charge < -0.3 is 4.74 Å². The molecule has 1 rings (SSSR count). The first-order valence-corrected chi connectivity index (χ1v) is 6.54. The van der Waals surface area contributed by atoms with Crippen LogP contribution in [-0.2, 0) is 19.3 Å². The van der Waals surface area contributed by atoms with Crippen LogP contribution in [0.3, 0.4) is 0 Å². The second-order valence-electron chi connectivity index (χ2n) is 5.29. The van der Waals surface area contributed by atoms with Crippen LogP contribution in [-0.4, -0.2) is 18.9 Å². The Morgan fingerprint density at radius 2 is 1.94 bits per heavy atom. The molecule has 0 aromatic rings. The molecule has 1 aliphatic heterocycles. The minimum atomic E-state index is -0.0695. The Balaban J connectivity index is 1.95. The Morgan fingerprint density at radius 3 is 2.53 bits per heavy atom. The maximum absolute atomic E-state index is 11.2. The molecule has 0 radical (unpaired) electrons. The number of unbranched alkanes of at least 4 members (excludes halogenated alkanes) is 2. The monoisotopic (exact) mass is 244 g/mol. The summed E-state index contributed by atoms with van der Waals surface area (Å²) in [6, 6.07) is 0. The van der Waals surface area contributed by atoms with E-state index in [0.29, 0.717) is 13.0 Å². The van der Waals surface area contributed by atoms with Crippen molar-refractivity contribution in [3.63, 3.8) is 0 Å². The molecule has 0 bridgehead atoms. The van der Waals surface area contributed by atoms with E-state index in [0.717, 1.165) is 32.1 Å². The van der Waals surface area contributed by atoms with Gasteiger partial charge in [0.25, 0.3) is 0 Å². The number of hydrogen-bond donors (Lipinski definition) is 0. The summed E-state index contributed by atoms with van der Waals surface area (Å²) in [4.78, 5) is 20.9. The summed E-state index contributed by atoms with van der Waals surface area (Å²) < 4.78 is 5.13. The fourth-order valence-electron chi connectivity index (χ4n) is 1.67. The van der Waals surface area contributed by atoms with Gasteiger partial charge in [-0.25, -0.2) is 0 Å². The zero-order valence-corrected chi connectivity index (χ0v) is 11.2. The van der Waals surface area contributed by atoms with Crippen molar-refractivity contribution in [3.8, 4) is 0 Å². The second-order valence-corrected chi connectivity index (χ2v) is 5.29. The SMILES string of the molecule is CCCCC(=O)OCCCCC(C)(C)C1OO1. The largest absolute Gasteiger partial charge is 0.466 e. The van der Waals surface area contributed by atoms with Crippen LogP contribution in [0.4, 0.5) is 0 Å². The van der Waals surface area contributed by atoms with Gasteiger partial charge in [-0.1, -0.05) is 27.2 Å². The van der Waals surface area contributed by atoms with Crippen molar-refractivity contribution in [2.75, 3.05) is 6.61 Å². The topological polar surface area (TPSA) is 51.4 Å². The van der Waals surface area contributed by atoms with E-state index in [4.69, 9.17) is 14.5 Å². The van der Waals surface area contributed by atoms with Crippen molar-refractivity contribution >= 4 is 5.97 Å². The van der Waals surface area contributed by atoms with Gasteiger partial charge in [-0.05, 0) is 25.7 Å². The van der Waals surface area contributed by atoms with Gasteiger partial charge in [0.05, 0.1) is 6.61 Å². The summed E-state index contributed by atoms with van der Waals surface area (Å²) in [5.74, 6) is -0.0695. The predicted octanol–water partition coefficient (Wildman–Crippen LogP) is 3.20. The van der Waals surface area contributed by atoms with E-state index in [1.54, 1.807) is 0 Å². The smallest absolute Gasteiger partial charge is 0.305 e. The number of rotatable bonds is 9. The molecule has 0 aromatic heterocycles. The summed E-state index contributed by atoms with van der Waals surface area (Å²) >= 11 is 0. The molecule has 0 amide bonds. The lowest BCUT2D eigenvalue weighted by molar-refractivity contribution is -0.143. The first-order chi connectivity index (χ1) is 8.06. The summed E-state index contributed by atoms with van der Waals surface area (Å²) in [6.07, 6.45) is 5.41. The molecular weight excluding hydrogens is 220 g/mol. The zero-order chi connectivity index (χ0) is 12.7. The van der Waals surface area contributed by atoms with E-state index in [1.807, 2.05) is 0 Å². The molecule has 1 saturated heterocycles. The van der Waals surface area contributed by atoms with Gasteiger partial charge in [0.2, 0.25) is 6.29 Å². The standard InChI is InChI=1S/C13H24O4/c1-4-5-8-11(14)15-10-7-6-9-13(2,3)12-16-17-12/h12H,4-10H2,1-3H3. The maximum atomic E-state index is 11.2. The van der Waals surface area contributed by atoms with Crippen LogP contribution >= 0.6 is 0 Å². The molecule has 0 unspecified atom stereocenters. The minimum absolute atomic E-state index is 0.0467. The Morgan fingerprint density at radius 1 is 1.24 bits per heavy atom. The van der Waals surface area contributed by atoms with E-state index >= 15 is 0 Å². The van der Waals surface area contributed by atoms with Crippen molar-refractivity contribution in [2.24, 2.45) is 5.41 Å². The van der Waals surface area contributed by atoms with Crippen LogP contribution in [0.25, 0.3) is 0 Å². The number of ether oxygens (including phenoxy) is 1. The summed E-state index contributed by atoms with van der Waals surface area (Å²) in [5.41, 5.74) is 0.0617. The second kappa shape index (κ2) is 6.97. The summed E-state index contributed by atoms with van der Waals surface area (Å²) in [5, 5.41) is 0. The average Bonchev–Trinajstić information content (AvgIpc) is 3.09. The quantitative estimate of drug-likeness (QED) is 0.270. The minimum Gasteiger partial charge on any atom is -0.466 e. The molecule has 0 aromatic carbocycles. The third-order valence-electron chi connectivity index (χ3n) is 3.04. The molecule has 0 saturated carbocycles. The fourth-order valence-corrected chi connectivity index (χ4v) is 1.67. The molecule has 0 N–H and O–H groups in total. The van der Waals surface area contributed by atoms with Crippen molar-refractivity contribution in [2.45, 2.75) is 65.6 Å². The molecule has 1 aliphatic rings. The summed E-state index contributed by atoms with van der Waals surface area (Å²) in [6.45, 7) is 6.85.